The Morgan fingerprint density at radius 3 is 2.85 bits per heavy atom. The normalized spacial score (nSPS) is 27.1. The van der Waals surface area contributed by atoms with Crippen molar-refractivity contribution in [2.24, 2.45) is 11.8 Å². The Labute approximate surface area is 123 Å². The van der Waals surface area contributed by atoms with Crippen LogP contribution in [0.3, 0.4) is 0 Å². The molecule has 0 saturated heterocycles. The Bertz CT molecular complexity index is 363. The van der Waals surface area contributed by atoms with Gasteiger partial charge in [-0.3, -0.25) is 4.90 Å². The molecule has 1 fully saturated rings. The second-order valence-corrected chi connectivity index (χ2v) is 6.29. The third-order valence-electron chi connectivity index (χ3n) is 4.69. The van der Waals surface area contributed by atoms with Gasteiger partial charge in [-0.1, -0.05) is 20.3 Å². The van der Waals surface area contributed by atoms with E-state index >= 15 is 0 Å². The fourth-order valence-corrected chi connectivity index (χ4v) is 3.60. The number of rotatable bonds is 7. The van der Waals surface area contributed by atoms with Crippen LogP contribution in [0.1, 0.15) is 45.3 Å². The van der Waals surface area contributed by atoms with Crippen LogP contribution in [0.2, 0.25) is 0 Å². The van der Waals surface area contributed by atoms with Crippen LogP contribution in [-0.2, 0) is 6.54 Å². The standard InChI is InChI=1S/C17H30N2O/c1-4-14-8-9-17(18-5-2)15(11-14)12-19(3)13-16-7-6-10-20-16/h6-7,10,14-15,17-18H,4-5,8-9,11-13H2,1-3H3. The van der Waals surface area contributed by atoms with Gasteiger partial charge in [0.2, 0.25) is 0 Å². The fourth-order valence-electron chi connectivity index (χ4n) is 3.60. The van der Waals surface area contributed by atoms with Crippen LogP contribution >= 0.6 is 0 Å². The zero-order valence-corrected chi connectivity index (χ0v) is 13.3. The van der Waals surface area contributed by atoms with E-state index in [1.54, 1.807) is 6.26 Å². The quantitative estimate of drug-likeness (QED) is 0.827. The summed E-state index contributed by atoms with van der Waals surface area (Å²) in [5, 5.41) is 3.69. The van der Waals surface area contributed by atoms with E-state index in [0.29, 0.717) is 6.04 Å². The Morgan fingerprint density at radius 1 is 1.35 bits per heavy atom. The van der Waals surface area contributed by atoms with Crippen LogP contribution in [0.25, 0.3) is 0 Å². The van der Waals surface area contributed by atoms with Crippen LogP contribution < -0.4 is 5.32 Å². The van der Waals surface area contributed by atoms with Crippen molar-refractivity contribution in [3.63, 3.8) is 0 Å². The van der Waals surface area contributed by atoms with Crippen molar-refractivity contribution in [1.29, 1.82) is 0 Å². The van der Waals surface area contributed by atoms with Crippen LogP contribution in [-0.4, -0.2) is 31.1 Å². The Hall–Kier alpha value is -0.800. The Morgan fingerprint density at radius 2 is 2.20 bits per heavy atom. The van der Waals surface area contributed by atoms with E-state index < -0.39 is 0 Å². The van der Waals surface area contributed by atoms with E-state index in [9.17, 15) is 0 Å². The maximum absolute atomic E-state index is 5.45. The lowest BCUT2D eigenvalue weighted by molar-refractivity contribution is 0.146. The van der Waals surface area contributed by atoms with E-state index in [0.717, 1.165) is 37.2 Å². The highest BCUT2D eigenvalue weighted by atomic mass is 16.3. The third-order valence-corrected chi connectivity index (χ3v) is 4.69. The molecule has 1 aromatic rings. The highest BCUT2D eigenvalue weighted by Gasteiger charge is 2.29. The molecule has 2 rings (SSSR count). The van der Waals surface area contributed by atoms with Crippen molar-refractivity contribution in [3.8, 4) is 0 Å². The van der Waals surface area contributed by atoms with Crippen molar-refractivity contribution in [2.45, 2.75) is 52.1 Å². The summed E-state index contributed by atoms with van der Waals surface area (Å²) in [7, 11) is 2.21. The molecule has 0 amide bonds. The maximum Gasteiger partial charge on any atom is 0.117 e. The smallest absolute Gasteiger partial charge is 0.117 e. The Balaban J connectivity index is 1.88. The predicted octanol–water partition coefficient (Wildman–Crippen LogP) is 3.52. The summed E-state index contributed by atoms with van der Waals surface area (Å²) in [6.45, 7) is 7.71. The molecule has 3 heteroatoms. The number of nitrogens with one attached hydrogen (secondary N) is 1. The molecule has 3 nitrogen and oxygen atoms in total. The molecule has 0 spiro atoms. The average molecular weight is 278 g/mol. The summed E-state index contributed by atoms with van der Waals surface area (Å²) >= 11 is 0. The van der Waals surface area contributed by atoms with E-state index in [-0.39, 0.29) is 0 Å². The lowest BCUT2D eigenvalue weighted by Gasteiger charge is -2.38. The van der Waals surface area contributed by atoms with E-state index in [1.807, 2.05) is 6.07 Å². The summed E-state index contributed by atoms with van der Waals surface area (Å²) in [5.74, 6) is 2.76. The molecule has 1 aromatic heterocycles. The van der Waals surface area contributed by atoms with Gasteiger partial charge in [0.15, 0.2) is 0 Å². The molecule has 0 radical (unpaired) electrons. The lowest BCUT2D eigenvalue weighted by Crippen LogP contribution is -2.45. The van der Waals surface area contributed by atoms with Gasteiger partial charge in [0.25, 0.3) is 0 Å². The first kappa shape index (κ1) is 15.6. The second-order valence-electron chi connectivity index (χ2n) is 6.29. The van der Waals surface area contributed by atoms with Gasteiger partial charge in [-0.2, -0.15) is 0 Å². The summed E-state index contributed by atoms with van der Waals surface area (Å²) in [5.41, 5.74) is 0. The first-order chi connectivity index (χ1) is 9.72. The number of furan rings is 1. The monoisotopic (exact) mass is 278 g/mol. The molecule has 3 unspecified atom stereocenters. The molecule has 3 atom stereocenters. The molecule has 1 N–H and O–H groups in total. The van der Waals surface area contributed by atoms with Gasteiger partial charge in [-0.25, -0.2) is 0 Å². The molecule has 20 heavy (non-hydrogen) atoms. The zero-order valence-electron chi connectivity index (χ0n) is 13.3. The van der Waals surface area contributed by atoms with Gasteiger partial charge < -0.3 is 9.73 Å². The summed E-state index contributed by atoms with van der Waals surface area (Å²) in [6.07, 6.45) is 7.20. The molecule has 1 aliphatic carbocycles. The van der Waals surface area contributed by atoms with Crippen LogP contribution in [0.15, 0.2) is 22.8 Å². The molecule has 1 saturated carbocycles. The largest absolute Gasteiger partial charge is 0.468 e. The molecule has 0 aromatic carbocycles. The minimum Gasteiger partial charge on any atom is -0.468 e. The minimum atomic E-state index is 0.696. The summed E-state index contributed by atoms with van der Waals surface area (Å²) in [6, 6.07) is 4.73. The maximum atomic E-state index is 5.45. The van der Waals surface area contributed by atoms with Gasteiger partial charge >= 0.3 is 0 Å². The van der Waals surface area contributed by atoms with E-state index in [2.05, 4.69) is 37.2 Å². The zero-order chi connectivity index (χ0) is 14.4. The number of hydrogen-bond acceptors (Lipinski definition) is 3. The molecular formula is C17H30N2O. The highest BCUT2D eigenvalue weighted by molar-refractivity contribution is 4.98. The van der Waals surface area contributed by atoms with E-state index in [1.165, 1.54) is 25.7 Å². The van der Waals surface area contributed by atoms with Gasteiger partial charge in [-0.15, -0.1) is 0 Å². The third kappa shape index (κ3) is 4.35. The van der Waals surface area contributed by atoms with Gasteiger partial charge in [0.05, 0.1) is 12.8 Å². The predicted molar refractivity (Wildman–Crippen MR) is 83.6 cm³/mol. The van der Waals surface area contributed by atoms with Crippen molar-refractivity contribution < 1.29 is 4.42 Å². The highest BCUT2D eigenvalue weighted by Crippen LogP contribution is 2.32. The van der Waals surface area contributed by atoms with Crippen molar-refractivity contribution in [1.82, 2.24) is 10.2 Å². The van der Waals surface area contributed by atoms with Crippen molar-refractivity contribution >= 4 is 0 Å². The fraction of sp³-hybridized carbons (Fsp3) is 0.765. The SMILES string of the molecule is CCNC1CCC(CC)CC1CN(C)Cc1ccco1. The van der Waals surface area contributed by atoms with Crippen molar-refractivity contribution in [2.75, 3.05) is 20.1 Å². The lowest BCUT2D eigenvalue weighted by atomic mass is 9.76. The van der Waals surface area contributed by atoms with Gasteiger partial charge in [0.1, 0.15) is 5.76 Å². The first-order valence-corrected chi connectivity index (χ1v) is 8.17. The summed E-state index contributed by atoms with van der Waals surface area (Å²) < 4.78 is 5.45. The van der Waals surface area contributed by atoms with Crippen LogP contribution in [0.4, 0.5) is 0 Å². The number of nitrogens with zero attached hydrogens (tertiary/aromatic N) is 1. The Kier molecular flexibility index (Phi) is 6.11. The summed E-state index contributed by atoms with van der Waals surface area (Å²) in [4.78, 5) is 2.41. The van der Waals surface area contributed by atoms with E-state index in [4.69, 9.17) is 4.42 Å². The molecule has 0 bridgehead atoms. The minimum absolute atomic E-state index is 0.696. The average Bonchev–Trinajstić information content (AvgIpc) is 2.93. The van der Waals surface area contributed by atoms with Gasteiger partial charge in [-0.05, 0) is 56.8 Å². The molecule has 1 aliphatic rings. The van der Waals surface area contributed by atoms with Crippen LogP contribution in [0, 0.1) is 11.8 Å². The van der Waals surface area contributed by atoms with Crippen LogP contribution in [0.5, 0.6) is 0 Å². The molecule has 1 heterocycles. The molecule has 0 aliphatic heterocycles. The molecular weight excluding hydrogens is 248 g/mol. The second kappa shape index (κ2) is 7.84. The van der Waals surface area contributed by atoms with Crippen molar-refractivity contribution in [3.05, 3.63) is 24.2 Å². The van der Waals surface area contributed by atoms with Gasteiger partial charge in [0, 0.05) is 12.6 Å². The number of hydrogen-bond donors (Lipinski definition) is 1. The topological polar surface area (TPSA) is 28.4 Å². The molecule has 114 valence electrons. The first-order valence-electron chi connectivity index (χ1n) is 8.17.